The molecule has 1 aliphatic rings. The Morgan fingerprint density at radius 1 is 1.16 bits per heavy atom. The lowest BCUT2D eigenvalue weighted by Gasteiger charge is -2.26. The number of aromatic nitrogens is 2. The molecule has 1 saturated heterocycles. The minimum Gasteiger partial charge on any atom is -0.379 e. The minimum absolute atomic E-state index is 0.0971. The van der Waals surface area contributed by atoms with Crippen LogP contribution >= 0.6 is 0 Å². The Bertz CT molecular complexity index is 1210. The molecule has 0 saturated carbocycles. The van der Waals surface area contributed by atoms with Gasteiger partial charge in [-0.15, -0.1) is 0 Å². The van der Waals surface area contributed by atoms with Crippen LogP contribution in [-0.2, 0) is 21.3 Å². The lowest BCUT2D eigenvalue weighted by Crippen LogP contribution is -2.40. The first-order valence-electron chi connectivity index (χ1n) is 10.0. The van der Waals surface area contributed by atoms with E-state index in [1.807, 2.05) is 36.5 Å². The molecular formula is C21H23N5O5S. The summed E-state index contributed by atoms with van der Waals surface area (Å²) in [6.07, 6.45) is 3.56. The number of nitro groups is 1. The van der Waals surface area contributed by atoms with E-state index in [4.69, 9.17) is 4.74 Å². The molecule has 10 nitrogen and oxygen atoms in total. The summed E-state index contributed by atoms with van der Waals surface area (Å²) in [6, 6.07) is 13.6. The highest BCUT2D eigenvalue weighted by Gasteiger charge is 2.29. The lowest BCUT2D eigenvalue weighted by molar-refractivity contribution is -0.384. The van der Waals surface area contributed by atoms with Crippen LogP contribution in [0.5, 0.6) is 0 Å². The zero-order valence-electron chi connectivity index (χ0n) is 17.5. The number of nitrogens with zero attached hydrogens (tertiary/aromatic N) is 5. The van der Waals surface area contributed by atoms with Crippen molar-refractivity contribution < 1.29 is 18.1 Å². The normalized spacial score (nSPS) is 14.9. The van der Waals surface area contributed by atoms with E-state index < -0.39 is 14.9 Å². The highest BCUT2D eigenvalue weighted by molar-refractivity contribution is 7.89. The summed E-state index contributed by atoms with van der Waals surface area (Å²) >= 11 is 0. The van der Waals surface area contributed by atoms with E-state index in [9.17, 15) is 18.5 Å². The largest absolute Gasteiger partial charge is 0.379 e. The minimum atomic E-state index is -3.83. The SMILES string of the molecule is CN(Cc1cnn(-c2ccccc2)c1)c1ccc(S(=O)(=O)N2CCOCC2)cc1[N+](=O)[O-]. The van der Waals surface area contributed by atoms with Crippen molar-refractivity contribution in [3.05, 3.63) is 76.6 Å². The van der Waals surface area contributed by atoms with Crippen LogP contribution in [0.3, 0.4) is 0 Å². The van der Waals surface area contributed by atoms with Crippen LogP contribution in [0.1, 0.15) is 5.56 Å². The average Bonchev–Trinajstić information content (AvgIpc) is 3.28. The zero-order chi connectivity index (χ0) is 22.7. The van der Waals surface area contributed by atoms with E-state index in [0.29, 0.717) is 25.4 Å². The number of nitro benzene ring substituents is 1. The van der Waals surface area contributed by atoms with Gasteiger partial charge < -0.3 is 9.64 Å². The molecule has 3 aromatic rings. The molecule has 2 aromatic carbocycles. The fraction of sp³-hybridized carbons (Fsp3) is 0.286. The molecule has 2 heterocycles. The molecular weight excluding hydrogens is 434 g/mol. The van der Waals surface area contributed by atoms with Crippen molar-refractivity contribution in [2.24, 2.45) is 0 Å². The molecule has 1 aromatic heterocycles. The van der Waals surface area contributed by atoms with Gasteiger partial charge in [0.1, 0.15) is 5.69 Å². The van der Waals surface area contributed by atoms with E-state index in [-0.39, 0.29) is 23.7 Å². The molecule has 11 heteroatoms. The van der Waals surface area contributed by atoms with Crippen LogP contribution in [0.4, 0.5) is 11.4 Å². The second-order valence-electron chi connectivity index (χ2n) is 7.41. The first-order valence-corrected chi connectivity index (χ1v) is 11.5. The second kappa shape index (κ2) is 9.07. The topological polar surface area (TPSA) is 111 Å². The van der Waals surface area contributed by atoms with E-state index in [2.05, 4.69) is 5.10 Å². The first kappa shape index (κ1) is 21.9. The van der Waals surface area contributed by atoms with Crippen LogP contribution < -0.4 is 4.90 Å². The number of para-hydroxylation sites is 1. The van der Waals surface area contributed by atoms with Crippen molar-refractivity contribution in [2.75, 3.05) is 38.3 Å². The van der Waals surface area contributed by atoms with Gasteiger partial charge in [-0.05, 0) is 24.3 Å². The Morgan fingerprint density at radius 3 is 2.56 bits per heavy atom. The van der Waals surface area contributed by atoms with E-state index >= 15 is 0 Å². The Balaban J connectivity index is 1.58. The summed E-state index contributed by atoms with van der Waals surface area (Å²) < 4.78 is 34.0. The molecule has 4 rings (SSSR count). The summed E-state index contributed by atoms with van der Waals surface area (Å²) in [4.78, 5) is 12.8. The van der Waals surface area contributed by atoms with Gasteiger partial charge in [-0.25, -0.2) is 13.1 Å². The molecule has 0 atom stereocenters. The van der Waals surface area contributed by atoms with Gasteiger partial charge in [0.25, 0.3) is 5.69 Å². The molecule has 0 radical (unpaired) electrons. The summed E-state index contributed by atoms with van der Waals surface area (Å²) in [5.41, 5.74) is 1.82. The van der Waals surface area contributed by atoms with Gasteiger partial charge in [0.05, 0.1) is 34.9 Å². The van der Waals surface area contributed by atoms with Crippen molar-refractivity contribution in [3.8, 4) is 5.69 Å². The van der Waals surface area contributed by atoms with Crippen molar-refractivity contribution >= 4 is 21.4 Å². The molecule has 0 bridgehead atoms. The number of hydrogen-bond acceptors (Lipinski definition) is 7. The van der Waals surface area contributed by atoms with Crippen molar-refractivity contribution in [1.82, 2.24) is 14.1 Å². The Kier molecular flexibility index (Phi) is 6.21. The molecule has 0 unspecified atom stereocenters. The Morgan fingerprint density at radius 2 is 1.88 bits per heavy atom. The maximum absolute atomic E-state index is 12.9. The molecule has 1 fully saturated rings. The van der Waals surface area contributed by atoms with Gasteiger partial charge in [0.2, 0.25) is 10.0 Å². The summed E-state index contributed by atoms with van der Waals surface area (Å²) in [6.45, 7) is 1.42. The monoisotopic (exact) mass is 457 g/mol. The molecule has 0 aliphatic carbocycles. The molecule has 32 heavy (non-hydrogen) atoms. The molecule has 0 N–H and O–H groups in total. The third-order valence-corrected chi connectivity index (χ3v) is 7.13. The number of ether oxygens (including phenoxy) is 1. The highest BCUT2D eigenvalue weighted by atomic mass is 32.2. The van der Waals surface area contributed by atoms with Crippen LogP contribution in [0, 0.1) is 10.1 Å². The third-order valence-electron chi connectivity index (χ3n) is 5.24. The van der Waals surface area contributed by atoms with Crippen molar-refractivity contribution in [2.45, 2.75) is 11.4 Å². The Hall–Kier alpha value is -3.28. The van der Waals surface area contributed by atoms with Crippen molar-refractivity contribution in [1.29, 1.82) is 0 Å². The number of sulfonamides is 1. The fourth-order valence-electron chi connectivity index (χ4n) is 3.59. The smallest absolute Gasteiger partial charge is 0.293 e. The first-order chi connectivity index (χ1) is 15.4. The van der Waals surface area contributed by atoms with Gasteiger partial charge in [0, 0.05) is 44.5 Å². The maximum atomic E-state index is 12.9. The molecule has 0 amide bonds. The number of morpholine rings is 1. The Labute approximate surface area is 185 Å². The van der Waals surface area contributed by atoms with Gasteiger partial charge in [-0.3, -0.25) is 10.1 Å². The fourth-order valence-corrected chi connectivity index (χ4v) is 5.02. The highest BCUT2D eigenvalue weighted by Crippen LogP contribution is 2.32. The molecule has 168 valence electrons. The summed E-state index contributed by atoms with van der Waals surface area (Å²) in [7, 11) is -2.11. The van der Waals surface area contributed by atoms with Gasteiger partial charge >= 0.3 is 0 Å². The standard InChI is InChI=1S/C21H23N5O5S/c1-23(15-17-14-22-25(16-17)18-5-3-2-4-6-18)20-8-7-19(13-21(20)26(27)28)32(29,30)24-9-11-31-12-10-24/h2-8,13-14,16H,9-12,15H2,1H3. The number of anilines is 1. The van der Waals surface area contributed by atoms with Gasteiger partial charge in [-0.1, -0.05) is 18.2 Å². The predicted octanol–water partition coefficient (Wildman–Crippen LogP) is 2.44. The number of hydrogen-bond donors (Lipinski definition) is 0. The van der Waals surface area contributed by atoms with Gasteiger partial charge in [-0.2, -0.15) is 9.40 Å². The lowest BCUT2D eigenvalue weighted by atomic mass is 10.2. The zero-order valence-corrected chi connectivity index (χ0v) is 18.3. The molecule has 1 aliphatic heterocycles. The van der Waals surface area contributed by atoms with E-state index in [1.165, 1.54) is 16.4 Å². The van der Waals surface area contributed by atoms with E-state index in [1.54, 1.807) is 22.8 Å². The second-order valence-corrected chi connectivity index (χ2v) is 9.35. The maximum Gasteiger partial charge on any atom is 0.293 e. The van der Waals surface area contributed by atoms with Gasteiger partial charge in [0.15, 0.2) is 0 Å². The summed E-state index contributed by atoms with van der Waals surface area (Å²) in [5.74, 6) is 0. The third kappa shape index (κ3) is 4.49. The quantitative estimate of drug-likeness (QED) is 0.396. The van der Waals surface area contributed by atoms with Crippen LogP contribution in [0.25, 0.3) is 5.69 Å². The van der Waals surface area contributed by atoms with E-state index in [0.717, 1.165) is 17.3 Å². The average molecular weight is 458 g/mol. The van der Waals surface area contributed by atoms with Crippen LogP contribution in [0.15, 0.2) is 65.8 Å². The predicted molar refractivity (Wildman–Crippen MR) is 118 cm³/mol. The van der Waals surface area contributed by atoms with Crippen molar-refractivity contribution in [3.63, 3.8) is 0 Å². The van der Waals surface area contributed by atoms with Crippen LogP contribution in [0.2, 0.25) is 0 Å². The summed E-state index contributed by atoms with van der Waals surface area (Å²) in [5, 5.41) is 16.1. The molecule has 0 spiro atoms. The number of rotatable bonds is 7. The number of benzene rings is 2. The van der Waals surface area contributed by atoms with Crippen LogP contribution in [-0.4, -0.2) is 60.8 Å².